The molecule has 19 heavy (non-hydrogen) atoms. The summed E-state index contributed by atoms with van der Waals surface area (Å²) in [6.07, 6.45) is 3.31. The molecular formula is C15H19N3O. The zero-order valence-electron chi connectivity index (χ0n) is 11.2. The van der Waals surface area contributed by atoms with Gasteiger partial charge in [-0.2, -0.15) is 4.99 Å². The molecule has 1 aliphatic heterocycles. The highest BCUT2D eigenvalue weighted by molar-refractivity contribution is 6.05. The Bertz CT molecular complexity index is 509. The normalized spacial score (nSPS) is 22.5. The Labute approximate surface area is 113 Å². The molecule has 2 N–H and O–H groups in total. The summed E-state index contributed by atoms with van der Waals surface area (Å²) in [6.45, 7) is 6.11. The molecule has 1 heterocycles. The highest BCUT2D eigenvalue weighted by Gasteiger charge is 2.43. The fraction of sp³-hybridized carbons (Fsp3) is 0.333. The summed E-state index contributed by atoms with van der Waals surface area (Å²) >= 11 is 0. The Hall–Kier alpha value is -2.10. The Balaban J connectivity index is 2.13. The minimum atomic E-state index is -0.513. The van der Waals surface area contributed by atoms with E-state index in [0.717, 1.165) is 12.8 Å². The van der Waals surface area contributed by atoms with E-state index in [1.807, 2.05) is 25.1 Å². The topological polar surface area (TPSA) is 58.7 Å². The summed E-state index contributed by atoms with van der Waals surface area (Å²) in [5.41, 5.74) is 6.66. The zero-order chi connectivity index (χ0) is 13.9. The number of amidine groups is 1. The molecule has 0 aromatic heterocycles. The van der Waals surface area contributed by atoms with Crippen molar-refractivity contribution >= 4 is 11.9 Å². The van der Waals surface area contributed by atoms with Crippen LogP contribution in [-0.4, -0.2) is 28.9 Å². The minimum Gasteiger partial charge on any atom is -0.385 e. The van der Waals surface area contributed by atoms with Crippen molar-refractivity contribution in [2.45, 2.75) is 25.3 Å². The summed E-state index contributed by atoms with van der Waals surface area (Å²) in [7, 11) is 0. The lowest BCUT2D eigenvalue weighted by Crippen LogP contribution is -2.52. The van der Waals surface area contributed by atoms with E-state index >= 15 is 0 Å². The van der Waals surface area contributed by atoms with Crippen molar-refractivity contribution in [2.24, 2.45) is 10.7 Å². The maximum absolute atomic E-state index is 11.8. The molecule has 4 nitrogen and oxygen atoms in total. The van der Waals surface area contributed by atoms with Gasteiger partial charge in [0.2, 0.25) is 0 Å². The lowest BCUT2D eigenvalue weighted by molar-refractivity contribution is 0.183. The molecule has 100 valence electrons. The highest BCUT2D eigenvalue weighted by Crippen LogP contribution is 2.28. The molecule has 0 radical (unpaired) electrons. The minimum absolute atomic E-state index is 0.270. The maximum atomic E-state index is 11.8. The SMILES string of the molecule is C=CCN1C(=O)N=C(N)C1(C)CCc1ccccc1. The summed E-state index contributed by atoms with van der Waals surface area (Å²) in [5, 5.41) is 0. The molecule has 0 fully saturated rings. The Morgan fingerprint density at radius 1 is 1.42 bits per heavy atom. The Kier molecular flexibility index (Phi) is 3.69. The van der Waals surface area contributed by atoms with E-state index in [1.54, 1.807) is 11.0 Å². The van der Waals surface area contributed by atoms with Gasteiger partial charge in [-0.05, 0) is 25.3 Å². The van der Waals surface area contributed by atoms with Gasteiger partial charge in [0, 0.05) is 6.54 Å². The van der Waals surface area contributed by atoms with Crippen molar-refractivity contribution in [2.75, 3.05) is 6.54 Å². The third-order valence-electron chi connectivity index (χ3n) is 3.65. The third-order valence-corrected chi connectivity index (χ3v) is 3.65. The van der Waals surface area contributed by atoms with E-state index in [0.29, 0.717) is 12.4 Å². The van der Waals surface area contributed by atoms with Crippen molar-refractivity contribution < 1.29 is 4.79 Å². The van der Waals surface area contributed by atoms with Gasteiger partial charge in [-0.3, -0.25) is 0 Å². The lowest BCUT2D eigenvalue weighted by Gasteiger charge is -2.34. The molecule has 0 bridgehead atoms. The molecule has 0 spiro atoms. The van der Waals surface area contributed by atoms with Crippen LogP contribution in [0.2, 0.25) is 0 Å². The number of carbonyl (C=O) groups excluding carboxylic acids is 1. The molecule has 2 rings (SSSR count). The fourth-order valence-electron chi connectivity index (χ4n) is 2.34. The van der Waals surface area contributed by atoms with Crippen LogP contribution in [-0.2, 0) is 6.42 Å². The van der Waals surface area contributed by atoms with E-state index in [9.17, 15) is 4.79 Å². The second-order valence-electron chi connectivity index (χ2n) is 4.94. The second-order valence-corrected chi connectivity index (χ2v) is 4.94. The summed E-state index contributed by atoms with van der Waals surface area (Å²) in [4.78, 5) is 17.4. The van der Waals surface area contributed by atoms with E-state index in [-0.39, 0.29) is 6.03 Å². The smallest absolute Gasteiger partial charge is 0.346 e. The van der Waals surface area contributed by atoms with Crippen LogP contribution in [0.5, 0.6) is 0 Å². The van der Waals surface area contributed by atoms with Gasteiger partial charge in [0.1, 0.15) is 11.4 Å². The van der Waals surface area contributed by atoms with Crippen LogP contribution >= 0.6 is 0 Å². The molecular weight excluding hydrogens is 238 g/mol. The number of rotatable bonds is 5. The van der Waals surface area contributed by atoms with E-state index in [2.05, 4.69) is 23.7 Å². The number of hydrogen-bond acceptors (Lipinski definition) is 2. The van der Waals surface area contributed by atoms with E-state index in [1.165, 1.54) is 5.56 Å². The first-order chi connectivity index (χ1) is 9.08. The van der Waals surface area contributed by atoms with Crippen LogP contribution in [0.15, 0.2) is 48.0 Å². The van der Waals surface area contributed by atoms with Crippen molar-refractivity contribution in [3.05, 3.63) is 48.6 Å². The van der Waals surface area contributed by atoms with Crippen LogP contribution in [0.3, 0.4) is 0 Å². The van der Waals surface area contributed by atoms with Gasteiger partial charge >= 0.3 is 6.03 Å². The quantitative estimate of drug-likeness (QED) is 0.823. The number of nitrogens with two attached hydrogens (primary N) is 1. The van der Waals surface area contributed by atoms with Gasteiger partial charge in [-0.25, -0.2) is 4.79 Å². The molecule has 1 unspecified atom stereocenters. The first kappa shape index (κ1) is 13.3. The average Bonchev–Trinajstić information content (AvgIpc) is 2.62. The van der Waals surface area contributed by atoms with E-state index in [4.69, 9.17) is 5.73 Å². The molecule has 1 aliphatic rings. The van der Waals surface area contributed by atoms with Gasteiger partial charge in [-0.1, -0.05) is 36.4 Å². The second kappa shape index (κ2) is 5.26. The number of urea groups is 1. The van der Waals surface area contributed by atoms with Crippen molar-refractivity contribution in [1.82, 2.24) is 4.90 Å². The van der Waals surface area contributed by atoms with Gasteiger partial charge in [0.15, 0.2) is 0 Å². The van der Waals surface area contributed by atoms with Crippen molar-refractivity contribution in [3.8, 4) is 0 Å². The van der Waals surface area contributed by atoms with Crippen LogP contribution < -0.4 is 5.73 Å². The van der Waals surface area contributed by atoms with E-state index < -0.39 is 5.54 Å². The predicted molar refractivity (Wildman–Crippen MR) is 77.1 cm³/mol. The molecule has 1 atom stereocenters. The monoisotopic (exact) mass is 257 g/mol. The molecule has 0 aliphatic carbocycles. The summed E-state index contributed by atoms with van der Waals surface area (Å²) in [5.74, 6) is 0.398. The molecule has 1 aromatic carbocycles. The molecule has 1 aromatic rings. The van der Waals surface area contributed by atoms with Gasteiger partial charge in [0.25, 0.3) is 0 Å². The van der Waals surface area contributed by atoms with Gasteiger partial charge in [0.05, 0.1) is 0 Å². The number of nitrogens with zero attached hydrogens (tertiary/aromatic N) is 2. The van der Waals surface area contributed by atoms with Crippen LogP contribution in [0, 0.1) is 0 Å². The standard InChI is InChI=1S/C15H19N3O/c1-3-11-18-14(19)17-13(16)15(18,2)10-9-12-7-5-4-6-8-12/h3-8H,1,9-11H2,2H3,(H2,16,17,19). The number of benzene rings is 1. The molecule has 0 saturated carbocycles. The summed E-state index contributed by atoms with van der Waals surface area (Å²) in [6, 6.07) is 9.89. The Morgan fingerprint density at radius 3 is 2.74 bits per heavy atom. The predicted octanol–water partition coefficient (Wildman–Crippen LogP) is 2.36. The van der Waals surface area contributed by atoms with Crippen molar-refractivity contribution in [1.29, 1.82) is 0 Å². The van der Waals surface area contributed by atoms with Crippen LogP contribution in [0.4, 0.5) is 4.79 Å². The number of aliphatic imine (C=N–C) groups is 1. The molecule has 0 saturated heterocycles. The Morgan fingerprint density at radius 2 is 2.11 bits per heavy atom. The van der Waals surface area contributed by atoms with Crippen molar-refractivity contribution in [3.63, 3.8) is 0 Å². The first-order valence-corrected chi connectivity index (χ1v) is 6.39. The number of carbonyl (C=O) groups is 1. The highest BCUT2D eigenvalue weighted by atomic mass is 16.2. The maximum Gasteiger partial charge on any atom is 0.346 e. The average molecular weight is 257 g/mol. The largest absolute Gasteiger partial charge is 0.385 e. The number of aryl methyl sites for hydroxylation is 1. The number of hydrogen-bond donors (Lipinski definition) is 1. The lowest BCUT2D eigenvalue weighted by atomic mass is 9.91. The first-order valence-electron chi connectivity index (χ1n) is 6.39. The van der Waals surface area contributed by atoms with Crippen LogP contribution in [0.25, 0.3) is 0 Å². The molecule has 4 heteroatoms. The zero-order valence-corrected chi connectivity index (χ0v) is 11.2. The number of amides is 2. The molecule has 2 amide bonds. The van der Waals surface area contributed by atoms with Crippen LogP contribution in [0.1, 0.15) is 18.9 Å². The van der Waals surface area contributed by atoms with Gasteiger partial charge in [-0.15, -0.1) is 6.58 Å². The summed E-state index contributed by atoms with van der Waals surface area (Å²) < 4.78 is 0. The third kappa shape index (κ3) is 2.52. The van der Waals surface area contributed by atoms with Gasteiger partial charge < -0.3 is 10.6 Å². The fourth-order valence-corrected chi connectivity index (χ4v) is 2.34.